The summed E-state index contributed by atoms with van der Waals surface area (Å²) < 4.78 is 5.10. The summed E-state index contributed by atoms with van der Waals surface area (Å²) in [5, 5.41) is 9.26. The van der Waals surface area contributed by atoms with Gasteiger partial charge in [0.2, 0.25) is 0 Å². The zero-order chi connectivity index (χ0) is 16.1. The van der Waals surface area contributed by atoms with E-state index in [9.17, 15) is 0 Å². The fourth-order valence-electron chi connectivity index (χ4n) is 2.98. The molecule has 0 radical (unpaired) electrons. The molecule has 0 aliphatic heterocycles. The van der Waals surface area contributed by atoms with Crippen molar-refractivity contribution in [1.82, 2.24) is 24.3 Å². The molecule has 0 bridgehead atoms. The summed E-state index contributed by atoms with van der Waals surface area (Å²) in [5.74, 6) is 1.88. The molecule has 0 saturated carbocycles. The highest BCUT2D eigenvalue weighted by molar-refractivity contribution is 7.26. The van der Waals surface area contributed by atoms with Gasteiger partial charge in [0.1, 0.15) is 10.7 Å². The van der Waals surface area contributed by atoms with Gasteiger partial charge in [-0.3, -0.25) is 4.68 Å². The van der Waals surface area contributed by atoms with Crippen LogP contribution in [-0.2, 0) is 20.6 Å². The number of pyridine rings is 1. The summed E-state index contributed by atoms with van der Waals surface area (Å²) in [4.78, 5) is 10.1. The van der Waals surface area contributed by atoms with Crippen LogP contribution in [0.2, 0.25) is 0 Å². The first kappa shape index (κ1) is 14.2. The lowest BCUT2D eigenvalue weighted by Gasteiger charge is -2.03. The molecule has 7 heteroatoms. The quantitative estimate of drug-likeness (QED) is 0.628. The molecule has 0 aliphatic rings. The monoisotopic (exact) mass is 326 g/mol. The smallest absolute Gasteiger partial charge is 0.166 e. The largest absolute Gasteiger partial charge is 0.360 e. The molecule has 4 heterocycles. The molecule has 4 rings (SSSR count). The Balaban J connectivity index is 1.82. The van der Waals surface area contributed by atoms with Gasteiger partial charge >= 0.3 is 0 Å². The van der Waals surface area contributed by atoms with Gasteiger partial charge in [0, 0.05) is 37.6 Å². The number of nitrogens with zero attached hydrogens (tertiary/aromatic N) is 5. The maximum absolute atomic E-state index is 4.69. The molecule has 0 spiro atoms. The highest BCUT2D eigenvalue weighted by Crippen LogP contribution is 2.38. The van der Waals surface area contributed by atoms with Crippen molar-refractivity contribution in [3.63, 3.8) is 0 Å². The first-order valence-corrected chi connectivity index (χ1v) is 8.30. The maximum Gasteiger partial charge on any atom is 0.166 e. The first-order chi connectivity index (χ1) is 11.0. The third kappa shape index (κ3) is 2.19. The fraction of sp³-hybridized carbons (Fsp3) is 0.312. The highest BCUT2D eigenvalue weighted by atomic mass is 32.1. The zero-order valence-corrected chi connectivity index (χ0v) is 14.4. The van der Waals surface area contributed by atoms with E-state index in [2.05, 4.69) is 33.4 Å². The van der Waals surface area contributed by atoms with Gasteiger partial charge in [-0.15, -0.1) is 11.3 Å². The summed E-state index contributed by atoms with van der Waals surface area (Å²) in [6, 6.07) is 2.13. The first-order valence-electron chi connectivity index (χ1n) is 7.48. The Morgan fingerprint density at radius 1 is 1.26 bits per heavy atom. The maximum atomic E-state index is 4.69. The van der Waals surface area contributed by atoms with E-state index >= 15 is 0 Å². The van der Waals surface area contributed by atoms with Gasteiger partial charge in [0.15, 0.2) is 5.82 Å². The van der Waals surface area contributed by atoms with Crippen LogP contribution in [0.3, 0.4) is 0 Å². The third-order valence-corrected chi connectivity index (χ3v) is 5.17. The predicted molar refractivity (Wildman–Crippen MR) is 93.9 cm³/mol. The molecule has 4 aromatic heterocycles. The lowest BCUT2D eigenvalue weighted by Crippen LogP contribution is -2.06. The van der Waals surface area contributed by atoms with Crippen molar-refractivity contribution in [1.29, 1.82) is 0 Å². The Labute approximate surface area is 137 Å². The second-order valence-corrected chi connectivity index (χ2v) is 6.82. The van der Waals surface area contributed by atoms with Crippen LogP contribution < -0.4 is 5.32 Å². The van der Waals surface area contributed by atoms with Crippen LogP contribution in [0.5, 0.6) is 0 Å². The van der Waals surface area contributed by atoms with Crippen molar-refractivity contribution in [3.05, 3.63) is 35.5 Å². The van der Waals surface area contributed by atoms with E-state index in [-0.39, 0.29) is 0 Å². The Bertz CT molecular complexity index is 1020. The van der Waals surface area contributed by atoms with Crippen LogP contribution in [-0.4, -0.2) is 24.3 Å². The standard InChI is InChI=1S/C16H18N6S/c1-9-7-10(2)19-16-12(9)13-14(23-16)15(20-22(13)4)18-8-11-17-5-6-21(11)3/h5-7H,8H2,1-4H3,(H,18,20). The molecule has 118 valence electrons. The number of hydrogen-bond acceptors (Lipinski definition) is 5. The van der Waals surface area contributed by atoms with Crippen molar-refractivity contribution in [2.45, 2.75) is 20.4 Å². The summed E-state index contributed by atoms with van der Waals surface area (Å²) in [6.45, 7) is 4.82. The number of rotatable bonds is 3. The lowest BCUT2D eigenvalue weighted by molar-refractivity contribution is 0.784. The minimum atomic E-state index is 0.648. The summed E-state index contributed by atoms with van der Waals surface area (Å²) in [6.07, 6.45) is 3.75. The van der Waals surface area contributed by atoms with Gasteiger partial charge in [-0.25, -0.2) is 9.97 Å². The van der Waals surface area contributed by atoms with Crippen molar-refractivity contribution in [3.8, 4) is 0 Å². The van der Waals surface area contributed by atoms with E-state index in [0.717, 1.165) is 32.4 Å². The van der Waals surface area contributed by atoms with Crippen molar-refractivity contribution in [2.75, 3.05) is 5.32 Å². The van der Waals surface area contributed by atoms with Crippen LogP contribution in [0, 0.1) is 13.8 Å². The van der Waals surface area contributed by atoms with E-state index in [0.29, 0.717) is 6.54 Å². The van der Waals surface area contributed by atoms with E-state index in [1.54, 1.807) is 17.5 Å². The minimum Gasteiger partial charge on any atom is -0.360 e. The number of aryl methyl sites for hydroxylation is 4. The van der Waals surface area contributed by atoms with Gasteiger partial charge in [-0.1, -0.05) is 0 Å². The molecule has 0 fully saturated rings. The fourth-order valence-corrected chi connectivity index (χ4v) is 4.27. The average molecular weight is 326 g/mol. The predicted octanol–water partition coefficient (Wildman–Crippen LogP) is 3.15. The Morgan fingerprint density at radius 2 is 2.09 bits per heavy atom. The number of aromatic nitrogens is 5. The van der Waals surface area contributed by atoms with Gasteiger partial charge in [-0.2, -0.15) is 5.10 Å². The number of hydrogen-bond donors (Lipinski definition) is 1. The van der Waals surface area contributed by atoms with E-state index in [4.69, 9.17) is 0 Å². The third-order valence-electron chi connectivity index (χ3n) is 4.09. The Kier molecular flexibility index (Phi) is 3.12. The number of anilines is 1. The van der Waals surface area contributed by atoms with Crippen LogP contribution in [0.15, 0.2) is 18.5 Å². The number of thiophene rings is 1. The molecule has 0 aromatic carbocycles. The van der Waals surface area contributed by atoms with Crippen LogP contribution >= 0.6 is 11.3 Å². The zero-order valence-electron chi connectivity index (χ0n) is 13.6. The molecule has 1 N–H and O–H groups in total. The second-order valence-electron chi connectivity index (χ2n) is 5.82. The number of imidazole rings is 1. The molecule has 0 saturated heterocycles. The normalized spacial score (nSPS) is 11.7. The van der Waals surface area contributed by atoms with Gasteiger partial charge in [0.05, 0.1) is 16.8 Å². The van der Waals surface area contributed by atoms with E-state index in [1.165, 1.54) is 10.9 Å². The summed E-state index contributed by atoms with van der Waals surface area (Å²) >= 11 is 1.69. The average Bonchev–Trinajstić information content (AvgIpc) is 3.13. The van der Waals surface area contributed by atoms with Crippen LogP contribution in [0.25, 0.3) is 20.4 Å². The van der Waals surface area contributed by atoms with Crippen molar-refractivity contribution >= 4 is 37.6 Å². The topological polar surface area (TPSA) is 60.6 Å². The van der Waals surface area contributed by atoms with Crippen LogP contribution in [0.1, 0.15) is 17.1 Å². The Hall–Kier alpha value is -2.41. The summed E-state index contributed by atoms with van der Waals surface area (Å²) in [5.41, 5.74) is 3.45. The molecule has 0 unspecified atom stereocenters. The SMILES string of the molecule is Cc1cc(C)c2c(n1)sc1c(NCc3nccn3C)nn(C)c12. The molecule has 0 amide bonds. The second kappa shape index (κ2) is 5.06. The molecular formula is C16H18N6S. The number of fused-ring (bicyclic) bond motifs is 3. The molecular weight excluding hydrogens is 308 g/mol. The molecule has 0 aliphatic carbocycles. The summed E-state index contributed by atoms with van der Waals surface area (Å²) in [7, 11) is 3.98. The molecule has 23 heavy (non-hydrogen) atoms. The van der Waals surface area contributed by atoms with Crippen molar-refractivity contribution < 1.29 is 0 Å². The minimum absolute atomic E-state index is 0.648. The number of nitrogens with one attached hydrogen (secondary N) is 1. The molecule has 4 aromatic rings. The van der Waals surface area contributed by atoms with Crippen LogP contribution in [0.4, 0.5) is 5.82 Å². The lowest BCUT2D eigenvalue weighted by atomic mass is 10.1. The molecule has 0 atom stereocenters. The van der Waals surface area contributed by atoms with Gasteiger partial charge in [0.25, 0.3) is 0 Å². The highest BCUT2D eigenvalue weighted by Gasteiger charge is 2.18. The van der Waals surface area contributed by atoms with E-state index in [1.807, 2.05) is 36.5 Å². The van der Waals surface area contributed by atoms with E-state index < -0.39 is 0 Å². The van der Waals surface area contributed by atoms with Gasteiger partial charge < -0.3 is 9.88 Å². The Morgan fingerprint density at radius 3 is 2.83 bits per heavy atom. The van der Waals surface area contributed by atoms with Crippen molar-refractivity contribution in [2.24, 2.45) is 14.1 Å². The van der Waals surface area contributed by atoms with Gasteiger partial charge in [-0.05, 0) is 25.5 Å². The molecule has 6 nitrogen and oxygen atoms in total.